The highest BCUT2D eigenvalue weighted by atomic mass is 16.5. The number of carbonyl (C=O) groups excluding carboxylic acids is 1. The Labute approximate surface area is 155 Å². The lowest BCUT2D eigenvalue weighted by molar-refractivity contribution is 0.102. The van der Waals surface area contributed by atoms with Gasteiger partial charge in [0.05, 0.1) is 6.20 Å². The van der Waals surface area contributed by atoms with E-state index in [9.17, 15) is 4.79 Å². The van der Waals surface area contributed by atoms with Crippen LogP contribution < -0.4 is 10.1 Å². The molecule has 0 atom stereocenters. The number of carbonyl (C=O) groups is 1. The number of anilines is 1. The van der Waals surface area contributed by atoms with Crippen LogP contribution in [0.2, 0.25) is 0 Å². The highest BCUT2D eigenvalue weighted by Gasteiger charge is 2.17. The first-order valence-electron chi connectivity index (χ1n) is 8.35. The molecule has 0 saturated heterocycles. The van der Waals surface area contributed by atoms with Gasteiger partial charge in [0.2, 0.25) is 0 Å². The summed E-state index contributed by atoms with van der Waals surface area (Å²) >= 11 is 0. The van der Waals surface area contributed by atoms with Crippen molar-refractivity contribution < 1.29 is 9.53 Å². The summed E-state index contributed by atoms with van der Waals surface area (Å²) in [5, 5.41) is 7.10. The number of amides is 1. The summed E-state index contributed by atoms with van der Waals surface area (Å²) < 4.78 is 9.25. The van der Waals surface area contributed by atoms with Crippen molar-refractivity contribution in [2.75, 3.05) is 5.32 Å². The van der Waals surface area contributed by atoms with E-state index in [1.165, 1.54) is 0 Å². The fourth-order valence-electron chi connectivity index (χ4n) is 2.72. The Balaban J connectivity index is 1.49. The van der Waals surface area contributed by atoms with Crippen molar-refractivity contribution in [1.82, 2.24) is 19.3 Å². The Bertz CT molecular complexity index is 1040. The monoisotopic (exact) mass is 359 g/mol. The number of nitrogens with zero attached hydrogens (tertiary/aromatic N) is 4. The number of benzene rings is 1. The largest absolute Gasteiger partial charge is 0.457 e. The summed E-state index contributed by atoms with van der Waals surface area (Å²) in [7, 11) is 1.80. The van der Waals surface area contributed by atoms with Crippen molar-refractivity contribution in [2.45, 2.75) is 0 Å². The molecular weight excluding hydrogens is 342 g/mol. The van der Waals surface area contributed by atoms with Gasteiger partial charge in [0.15, 0.2) is 0 Å². The molecule has 3 aromatic heterocycles. The fraction of sp³-hybridized carbons (Fsp3) is 0.0500. The molecule has 4 aromatic rings. The number of aryl methyl sites for hydroxylation is 1. The summed E-state index contributed by atoms with van der Waals surface area (Å²) in [4.78, 5) is 16.7. The highest BCUT2D eigenvalue weighted by Crippen LogP contribution is 2.23. The second-order valence-corrected chi connectivity index (χ2v) is 5.86. The number of ether oxygens (including phenoxy) is 1. The molecule has 4 rings (SSSR count). The predicted molar refractivity (Wildman–Crippen MR) is 101 cm³/mol. The van der Waals surface area contributed by atoms with E-state index < -0.39 is 0 Å². The lowest BCUT2D eigenvalue weighted by Gasteiger charge is -2.09. The van der Waals surface area contributed by atoms with E-state index in [0.29, 0.717) is 28.6 Å². The van der Waals surface area contributed by atoms with Crippen LogP contribution >= 0.6 is 0 Å². The maximum Gasteiger partial charge on any atom is 0.261 e. The molecule has 0 spiro atoms. The number of pyridine rings is 1. The zero-order chi connectivity index (χ0) is 18.6. The van der Waals surface area contributed by atoms with Gasteiger partial charge in [-0.2, -0.15) is 5.10 Å². The van der Waals surface area contributed by atoms with Gasteiger partial charge in [0.25, 0.3) is 5.91 Å². The van der Waals surface area contributed by atoms with Gasteiger partial charge in [-0.05, 0) is 48.5 Å². The molecular formula is C20H17N5O2. The van der Waals surface area contributed by atoms with Crippen LogP contribution in [0.5, 0.6) is 11.5 Å². The van der Waals surface area contributed by atoms with Gasteiger partial charge in [0.1, 0.15) is 22.9 Å². The Kier molecular flexibility index (Phi) is 4.40. The van der Waals surface area contributed by atoms with Crippen molar-refractivity contribution in [3.8, 4) is 17.3 Å². The number of rotatable bonds is 5. The molecule has 0 radical (unpaired) electrons. The van der Waals surface area contributed by atoms with E-state index in [0.717, 1.165) is 0 Å². The molecule has 7 nitrogen and oxygen atoms in total. The van der Waals surface area contributed by atoms with Crippen molar-refractivity contribution in [3.05, 3.63) is 85.1 Å². The molecule has 1 aromatic carbocycles. The third kappa shape index (κ3) is 3.57. The quantitative estimate of drug-likeness (QED) is 0.590. The van der Waals surface area contributed by atoms with E-state index in [1.54, 1.807) is 66.7 Å². The Morgan fingerprint density at radius 1 is 1.00 bits per heavy atom. The van der Waals surface area contributed by atoms with Gasteiger partial charge in [-0.15, -0.1) is 0 Å². The topological polar surface area (TPSA) is 74.0 Å². The van der Waals surface area contributed by atoms with Crippen LogP contribution in [0.1, 0.15) is 10.4 Å². The van der Waals surface area contributed by atoms with Crippen LogP contribution in [-0.2, 0) is 7.05 Å². The van der Waals surface area contributed by atoms with Crippen LogP contribution in [0.15, 0.2) is 79.5 Å². The molecule has 0 aliphatic carbocycles. The molecule has 7 heteroatoms. The lowest BCUT2D eigenvalue weighted by atomic mass is 10.2. The first-order chi connectivity index (χ1) is 13.2. The van der Waals surface area contributed by atoms with Gasteiger partial charge >= 0.3 is 0 Å². The molecule has 0 fully saturated rings. The number of aromatic nitrogens is 4. The minimum Gasteiger partial charge on any atom is -0.457 e. The predicted octanol–water partition coefficient (Wildman–Crippen LogP) is 3.65. The molecule has 3 heterocycles. The molecule has 0 aliphatic rings. The Morgan fingerprint density at radius 2 is 1.67 bits per heavy atom. The van der Waals surface area contributed by atoms with Crippen molar-refractivity contribution >= 4 is 11.6 Å². The molecule has 0 saturated carbocycles. The molecule has 0 bridgehead atoms. The molecule has 134 valence electrons. The van der Waals surface area contributed by atoms with Crippen LogP contribution in [0, 0.1) is 0 Å². The summed E-state index contributed by atoms with van der Waals surface area (Å²) in [6, 6.07) is 14.5. The highest BCUT2D eigenvalue weighted by molar-refractivity contribution is 6.06. The van der Waals surface area contributed by atoms with Gasteiger partial charge in [0, 0.05) is 37.5 Å². The molecule has 1 amide bonds. The van der Waals surface area contributed by atoms with E-state index >= 15 is 0 Å². The smallest absolute Gasteiger partial charge is 0.261 e. The average Bonchev–Trinajstić information content (AvgIpc) is 3.33. The number of nitrogens with one attached hydrogen (secondary N) is 1. The van der Waals surface area contributed by atoms with E-state index in [2.05, 4.69) is 15.4 Å². The van der Waals surface area contributed by atoms with Gasteiger partial charge in [-0.3, -0.25) is 14.5 Å². The third-order valence-corrected chi connectivity index (χ3v) is 4.00. The first kappa shape index (κ1) is 16.6. The first-order valence-corrected chi connectivity index (χ1v) is 8.35. The zero-order valence-electron chi connectivity index (χ0n) is 14.6. The second-order valence-electron chi connectivity index (χ2n) is 5.86. The van der Waals surface area contributed by atoms with Crippen molar-refractivity contribution in [1.29, 1.82) is 0 Å². The minimum absolute atomic E-state index is 0.227. The van der Waals surface area contributed by atoms with E-state index in [1.807, 2.05) is 29.1 Å². The normalized spacial score (nSPS) is 10.6. The van der Waals surface area contributed by atoms with Crippen LogP contribution in [0.25, 0.3) is 5.82 Å². The van der Waals surface area contributed by atoms with E-state index in [4.69, 9.17) is 4.74 Å². The van der Waals surface area contributed by atoms with Gasteiger partial charge < -0.3 is 14.6 Å². The standard InChI is InChI=1S/C20H17N5O2/c1-24-20(25-12-2-3-13-25)18(14-22-24)19(26)23-15-4-6-16(7-5-15)27-17-8-10-21-11-9-17/h2-14H,1H3,(H,23,26). The number of hydrogen-bond acceptors (Lipinski definition) is 4. The molecule has 27 heavy (non-hydrogen) atoms. The molecule has 0 aliphatic heterocycles. The summed E-state index contributed by atoms with van der Waals surface area (Å²) in [6.45, 7) is 0. The maximum atomic E-state index is 12.7. The Morgan fingerprint density at radius 3 is 2.37 bits per heavy atom. The summed E-state index contributed by atoms with van der Waals surface area (Å²) in [6.07, 6.45) is 8.64. The minimum atomic E-state index is -0.227. The number of hydrogen-bond donors (Lipinski definition) is 1. The lowest BCUT2D eigenvalue weighted by Crippen LogP contribution is -2.14. The van der Waals surface area contributed by atoms with E-state index in [-0.39, 0.29) is 5.91 Å². The SMILES string of the molecule is Cn1ncc(C(=O)Nc2ccc(Oc3ccncc3)cc2)c1-n1cccc1. The van der Waals surface area contributed by atoms with Crippen LogP contribution in [-0.4, -0.2) is 25.2 Å². The van der Waals surface area contributed by atoms with Gasteiger partial charge in [-0.1, -0.05) is 0 Å². The maximum absolute atomic E-state index is 12.7. The summed E-state index contributed by atoms with van der Waals surface area (Å²) in [5.74, 6) is 1.85. The molecule has 0 unspecified atom stereocenters. The van der Waals surface area contributed by atoms with Gasteiger partial charge in [-0.25, -0.2) is 0 Å². The molecule has 1 N–H and O–H groups in total. The Hall–Kier alpha value is -3.87. The third-order valence-electron chi connectivity index (χ3n) is 4.00. The van der Waals surface area contributed by atoms with Crippen LogP contribution in [0.4, 0.5) is 5.69 Å². The zero-order valence-corrected chi connectivity index (χ0v) is 14.6. The van der Waals surface area contributed by atoms with Crippen molar-refractivity contribution in [3.63, 3.8) is 0 Å². The van der Waals surface area contributed by atoms with Crippen molar-refractivity contribution in [2.24, 2.45) is 7.05 Å². The van der Waals surface area contributed by atoms with Crippen LogP contribution in [0.3, 0.4) is 0 Å². The second kappa shape index (κ2) is 7.17. The summed E-state index contributed by atoms with van der Waals surface area (Å²) in [5.41, 5.74) is 1.16. The average molecular weight is 359 g/mol. The fourth-order valence-corrected chi connectivity index (χ4v) is 2.72.